The minimum Gasteiger partial charge on any atom is -0.360 e. The fourth-order valence-corrected chi connectivity index (χ4v) is 2.93. The topological polar surface area (TPSA) is 64.9 Å². The van der Waals surface area contributed by atoms with E-state index in [9.17, 15) is 10.1 Å². The first-order valence-electron chi connectivity index (χ1n) is 8.12. The molecule has 0 aromatic heterocycles. The highest BCUT2D eigenvalue weighted by atomic mass is 16.1. The first kappa shape index (κ1) is 15.8. The maximum absolute atomic E-state index is 12.2. The van der Waals surface area contributed by atoms with Crippen LogP contribution < -0.4 is 10.6 Å². The van der Waals surface area contributed by atoms with Gasteiger partial charge < -0.3 is 10.6 Å². The van der Waals surface area contributed by atoms with Crippen molar-refractivity contribution in [2.75, 3.05) is 10.6 Å². The summed E-state index contributed by atoms with van der Waals surface area (Å²) >= 11 is 0. The van der Waals surface area contributed by atoms with Gasteiger partial charge in [-0.1, -0.05) is 30.3 Å². The van der Waals surface area contributed by atoms with Gasteiger partial charge in [0, 0.05) is 17.6 Å². The van der Waals surface area contributed by atoms with Gasteiger partial charge in [0.25, 0.3) is 5.91 Å². The molecule has 2 aromatic carbocycles. The maximum Gasteiger partial charge on any atom is 0.267 e. The minimum atomic E-state index is -0.416. The summed E-state index contributed by atoms with van der Waals surface area (Å²) < 4.78 is 0. The molecule has 1 aliphatic rings. The largest absolute Gasteiger partial charge is 0.360 e. The van der Waals surface area contributed by atoms with E-state index in [0.717, 1.165) is 18.5 Å². The fraction of sp³-hybridized carbons (Fsp3) is 0.200. The van der Waals surface area contributed by atoms with Gasteiger partial charge in [-0.25, -0.2) is 0 Å². The number of aryl methyl sites for hydroxylation is 1. The average Bonchev–Trinajstić information content (AvgIpc) is 2.63. The molecule has 0 saturated heterocycles. The summed E-state index contributed by atoms with van der Waals surface area (Å²) in [7, 11) is 0. The van der Waals surface area contributed by atoms with E-state index in [4.69, 9.17) is 0 Å². The summed E-state index contributed by atoms with van der Waals surface area (Å²) in [6, 6.07) is 17.2. The van der Waals surface area contributed by atoms with Gasteiger partial charge in [-0.05, 0) is 55.0 Å². The van der Waals surface area contributed by atoms with E-state index in [2.05, 4.69) is 16.7 Å². The maximum atomic E-state index is 12.2. The van der Waals surface area contributed by atoms with E-state index >= 15 is 0 Å². The Morgan fingerprint density at radius 1 is 1.04 bits per heavy atom. The van der Waals surface area contributed by atoms with Gasteiger partial charge >= 0.3 is 0 Å². The van der Waals surface area contributed by atoms with E-state index in [1.807, 2.05) is 36.4 Å². The van der Waals surface area contributed by atoms with Gasteiger partial charge in [-0.15, -0.1) is 0 Å². The molecule has 0 saturated carbocycles. The second-order valence-electron chi connectivity index (χ2n) is 5.78. The van der Waals surface area contributed by atoms with Crippen LogP contribution in [0.3, 0.4) is 0 Å². The summed E-state index contributed by atoms with van der Waals surface area (Å²) in [5, 5.41) is 15.1. The van der Waals surface area contributed by atoms with Crippen molar-refractivity contribution in [3.63, 3.8) is 0 Å². The smallest absolute Gasteiger partial charge is 0.267 e. The highest BCUT2D eigenvalue weighted by Gasteiger charge is 2.13. The number of hydrogen-bond donors (Lipinski definition) is 2. The van der Waals surface area contributed by atoms with E-state index in [1.54, 1.807) is 12.1 Å². The van der Waals surface area contributed by atoms with Crippen molar-refractivity contribution in [1.82, 2.24) is 0 Å². The lowest BCUT2D eigenvalue weighted by Crippen LogP contribution is -2.14. The van der Waals surface area contributed by atoms with E-state index < -0.39 is 5.91 Å². The van der Waals surface area contributed by atoms with Gasteiger partial charge in [0.05, 0.1) is 0 Å². The Labute approximate surface area is 141 Å². The van der Waals surface area contributed by atoms with E-state index in [1.165, 1.54) is 30.2 Å². The SMILES string of the molecule is N#C/C(=C/Nc1cccc2c1CCCC2)C(=O)Nc1ccccc1. The summed E-state index contributed by atoms with van der Waals surface area (Å²) in [6.45, 7) is 0. The monoisotopic (exact) mass is 317 g/mol. The second kappa shape index (κ2) is 7.47. The molecular formula is C20H19N3O. The summed E-state index contributed by atoms with van der Waals surface area (Å²) in [4.78, 5) is 12.2. The molecule has 24 heavy (non-hydrogen) atoms. The molecule has 2 aromatic rings. The van der Waals surface area contributed by atoms with Crippen molar-refractivity contribution in [3.8, 4) is 6.07 Å². The lowest BCUT2D eigenvalue weighted by atomic mass is 9.90. The average molecular weight is 317 g/mol. The van der Waals surface area contributed by atoms with Crippen LogP contribution in [0.15, 0.2) is 60.3 Å². The van der Waals surface area contributed by atoms with Crippen molar-refractivity contribution in [2.24, 2.45) is 0 Å². The molecule has 0 aliphatic heterocycles. The number of nitrogens with zero attached hydrogens (tertiary/aromatic N) is 1. The Bertz CT molecular complexity index is 803. The summed E-state index contributed by atoms with van der Waals surface area (Å²) in [5.74, 6) is -0.416. The lowest BCUT2D eigenvalue weighted by Gasteiger charge is -2.19. The molecule has 0 heterocycles. The molecule has 120 valence electrons. The molecule has 4 nitrogen and oxygen atoms in total. The third kappa shape index (κ3) is 3.64. The van der Waals surface area contributed by atoms with Gasteiger partial charge in [0.2, 0.25) is 0 Å². The molecule has 0 atom stereocenters. The Kier molecular flexibility index (Phi) is 4.93. The molecule has 1 aliphatic carbocycles. The number of fused-ring (bicyclic) bond motifs is 1. The van der Waals surface area contributed by atoms with Crippen LogP contribution in [0.5, 0.6) is 0 Å². The van der Waals surface area contributed by atoms with Crippen LogP contribution in [0, 0.1) is 11.3 Å². The summed E-state index contributed by atoms with van der Waals surface area (Å²) in [5.41, 5.74) is 4.34. The number of nitriles is 1. The predicted octanol–water partition coefficient (Wildman–Crippen LogP) is 4.02. The van der Waals surface area contributed by atoms with Gasteiger partial charge in [-0.2, -0.15) is 5.26 Å². The fourth-order valence-electron chi connectivity index (χ4n) is 2.93. The van der Waals surface area contributed by atoms with Crippen LogP contribution >= 0.6 is 0 Å². The van der Waals surface area contributed by atoms with Gasteiger partial charge in [0.1, 0.15) is 11.6 Å². The Hall–Kier alpha value is -3.06. The number of rotatable bonds is 4. The van der Waals surface area contributed by atoms with Crippen LogP contribution in [0.4, 0.5) is 11.4 Å². The van der Waals surface area contributed by atoms with Crippen LogP contribution in [0.2, 0.25) is 0 Å². The number of hydrogen-bond acceptors (Lipinski definition) is 3. The number of nitrogens with one attached hydrogen (secondary N) is 2. The number of amides is 1. The van der Waals surface area contributed by atoms with E-state index in [0.29, 0.717) is 5.69 Å². The first-order chi connectivity index (χ1) is 11.8. The molecule has 0 unspecified atom stereocenters. The van der Waals surface area contributed by atoms with Gasteiger partial charge in [0.15, 0.2) is 0 Å². The standard InChI is InChI=1S/C20H19N3O/c21-13-16(20(24)23-17-9-2-1-3-10-17)14-22-19-12-6-8-15-7-4-5-11-18(15)19/h1-3,6,8-10,12,14,22H,4-5,7,11H2,(H,23,24)/b16-14-. The Morgan fingerprint density at radius 3 is 2.62 bits per heavy atom. The Morgan fingerprint density at radius 2 is 1.83 bits per heavy atom. The van der Waals surface area contributed by atoms with Crippen molar-refractivity contribution < 1.29 is 4.79 Å². The van der Waals surface area contributed by atoms with Crippen LogP contribution in [-0.2, 0) is 17.6 Å². The molecule has 0 bridgehead atoms. The van der Waals surface area contributed by atoms with Crippen molar-refractivity contribution in [2.45, 2.75) is 25.7 Å². The van der Waals surface area contributed by atoms with Gasteiger partial charge in [-0.3, -0.25) is 4.79 Å². The zero-order chi connectivity index (χ0) is 16.8. The highest BCUT2D eigenvalue weighted by molar-refractivity contribution is 6.06. The number of anilines is 2. The molecule has 0 spiro atoms. The third-order valence-corrected chi connectivity index (χ3v) is 4.16. The number of para-hydroxylation sites is 1. The van der Waals surface area contributed by atoms with Crippen LogP contribution in [0.1, 0.15) is 24.0 Å². The summed E-state index contributed by atoms with van der Waals surface area (Å²) in [6.07, 6.45) is 6.01. The lowest BCUT2D eigenvalue weighted by molar-refractivity contribution is -0.112. The molecule has 0 fully saturated rings. The zero-order valence-electron chi connectivity index (χ0n) is 13.4. The number of benzene rings is 2. The van der Waals surface area contributed by atoms with Crippen LogP contribution in [-0.4, -0.2) is 5.91 Å². The van der Waals surface area contributed by atoms with Crippen molar-refractivity contribution >= 4 is 17.3 Å². The zero-order valence-corrected chi connectivity index (χ0v) is 13.4. The van der Waals surface area contributed by atoms with Crippen molar-refractivity contribution in [3.05, 3.63) is 71.4 Å². The molecular weight excluding hydrogens is 298 g/mol. The van der Waals surface area contributed by atoms with Crippen molar-refractivity contribution in [1.29, 1.82) is 5.26 Å². The molecule has 4 heteroatoms. The molecule has 0 radical (unpaired) electrons. The Balaban J connectivity index is 1.75. The normalized spacial score (nSPS) is 13.5. The minimum absolute atomic E-state index is 0.0484. The van der Waals surface area contributed by atoms with Crippen LogP contribution in [0.25, 0.3) is 0 Å². The van der Waals surface area contributed by atoms with E-state index in [-0.39, 0.29) is 5.57 Å². The number of carbonyl (C=O) groups excluding carboxylic acids is 1. The molecule has 2 N–H and O–H groups in total. The third-order valence-electron chi connectivity index (χ3n) is 4.16. The molecule has 1 amide bonds. The highest BCUT2D eigenvalue weighted by Crippen LogP contribution is 2.27. The quantitative estimate of drug-likeness (QED) is 0.661. The number of carbonyl (C=O) groups is 1. The predicted molar refractivity (Wildman–Crippen MR) is 95.5 cm³/mol. The first-order valence-corrected chi connectivity index (χ1v) is 8.12. The second-order valence-corrected chi connectivity index (χ2v) is 5.78. The molecule has 3 rings (SSSR count).